The number of piperidine rings is 1. The van der Waals surface area contributed by atoms with Crippen LogP contribution in [0.15, 0.2) is 35.3 Å². The molecule has 1 aromatic carbocycles. The molecular weight excluding hydrogens is 458 g/mol. The highest BCUT2D eigenvalue weighted by molar-refractivity contribution is 5.83. The fraction of sp³-hybridized carbons (Fsp3) is 0.409. The van der Waals surface area contributed by atoms with E-state index in [0.29, 0.717) is 25.4 Å². The maximum atomic E-state index is 14.3. The molecule has 2 aromatic heterocycles. The van der Waals surface area contributed by atoms with Crippen LogP contribution < -0.4 is 15.8 Å². The van der Waals surface area contributed by atoms with E-state index in [1.54, 1.807) is 0 Å². The lowest BCUT2D eigenvalue weighted by atomic mass is 10.0. The van der Waals surface area contributed by atoms with Gasteiger partial charge >= 0.3 is 6.18 Å². The molecule has 182 valence electrons. The number of para-hydroxylation sites is 1. The van der Waals surface area contributed by atoms with E-state index in [9.17, 15) is 32.6 Å². The van der Waals surface area contributed by atoms with Gasteiger partial charge in [-0.3, -0.25) is 9.36 Å². The highest BCUT2D eigenvalue weighted by atomic mass is 19.4. The quantitative estimate of drug-likeness (QED) is 0.380. The number of aromatic nitrogens is 3. The van der Waals surface area contributed by atoms with Crippen LogP contribution in [0.25, 0.3) is 10.9 Å². The van der Waals surface area contributed by atoms with E-state index in [-0.39, 0.29) is 22.4 Å². The molecule has 0 spiro atoms. The second-order valence-electron chi connectivity index (χ2n) is 8.15. The number of nitrogens with one attached hydrogen (secondary N) is 1. The number of anilines is 2. The molecule has 3 heterocycles. The average Bonchev–Trinajstić information content (AvgIpc) is 2.80. The van der Waals surface area contributed by atoms with Gasteiger partial charge in [-0.05, 0) is 31.4 Å². The Morgan fingerprint density at radius 3 is 2.47 bits per heavy atom. The van der Waals surface area contributed by atoms with Gasteiger partial charge < -0.3 is 20.4 Å². The molecule has 0 saturated carbocycles. The van der Waals surface area contributed by atoms with Crippen molar-refractivity contribution >= 4 is 22.7 Å². The second-order valence-corrected chi connectivity index (χ2v) is 8.15. The molecule has 0 radical (unpaired) electrons. The summed E-state index contributed by atoms with van der Waals surface area (Å²) in [6, 6.07) is 2.18. The van der Waals surface area contributed by atoms with Crippen LogP contribution in [0.1, 0.15) is 42.7 Å². The van der Waals surface area contributed by atoms with Gasteiger partial charge in [-0.2, -0.15) is 13.2 Å². The summed E-state index contributed by atoms with van der Waals surface area (Å²) in [6.45, 7) is 1.26. The Labute approximate surface area is 191 Å². The van der Waals surface area contributed by atoms with E-state index >= 15 is 0 Å². The molecule has 34 heavy (non-hydrogen) atoms. The van der Waals surface area contributed by atoms with E-state index < -0.39 is 41.3 Å². The predicted molar refractivity (Wildman–Crippen MR) is 117 cm³/mol. The lowest BCUT2D eigenvalue weighted by molar-refractivity contribution is -0.143. The van der Waals surface area contributed by atoms with Crippen LogP contribution in [0.4, 0.5) is 29.3 Å². The van der Waals surface area contributed by atoms with Crippen molar-refractivity contribution in [1.82, 2.24) is 14.5 Å². The molecule has 4 rings (SSSR count). The van der Waals surface area contributed by atoms with Crippen LogP contribution in [0, 0.1) is 5.82 Å². The SMILES string of the molecule is Cn1c(N2CCCCC2)nc2c(C(Nc3ncc(F)cc3C(O)O)C(F)(F)F)cccc2c1=O. The average molecular weight is 481 g/mol. The molecule has 1 fully saturated rings. The third kappa shape index (κ3) is 4.55. The molecule has 0 aliphatic carbocycles. The van der Waals surface area contributed by atoms with Crippen LogP contribution in [-0.4, -0.2) is 44.0 Å². The van der Waals surface area contributed by atoms with Crippen molar-refractivity contribution in [1.29, 1.82) is 0 Å². The topological polar surface area (TPSA) is 104 Å². The first-order chi connectivity index (χ1) is 16.1. The number of pyridine rings is 1. The number of fused-ring (bicyclic) bond motifs is 1. The molecule has 8 nitrogen and oxygen atoms in total. The zero-order valence-electron chi connectivity index (χ0n) is 18.2. The van der Waals surface area contributed by atoms with Crippen molar-refractivity contribution in [3.05, 3.63) is 57.8 Å². The predicted octanol–water partition coefficient (Wildman–Crippen LogP) is 3.16. The Bertz CT molecular complexity index is 1260. The first-order valence-electron chi connectivity index (χ1n) is 10.7. The van der Waals surface area contributed by atoms with Crippen molar-refractivity contribution in [2.75, 3.05) is 23.3 Å². The van der Waals surface area contributed by atoms with Gasteiger partial charge in [-0.15, -0.1) is 0 Å². The third-order valence-electron chi connectivity index (χ3n) is 5.83. The Hall–Kier alpha value is -3.25. The molecule has 12 heteroatoms. The minimum atomic E-state index is -4.89. The van der Waals surface area contributed by atoms with Gasteiger partial charge in [0, 0.05) is 25.7 Å². The minimum Gasteiger partial charge on any atom is -0.364 e. The Morgan fingerprint density at radius 1 is 1.12 bits per heavy atom. The number of hydrogen-bond donors (Lipinski definition) is 3. The van der Waals surface area contributed by atoms with Crippen LogP contribution in [0.3, 0.4) is 0 Å². The minimum absolute atomic E-state index is 0.00583. The molecule has 3 N–H and O–H groups in total. The van der Waals surface area contributed by atoms with E-state index in [1.165, 1.54) is 29.8 Å². The first kappa shape index (κ1) is 23.9. The standard InChI is InChI=1S/C22H23F4N5O3/c1-30-19(32)14-7-5-6-13(16(14)28-21(30)31-8-3-2-4-9-31)17(22(24,25)26)29-18-15(20(33)34)10-12(23)11-27-18/h5-7,10-11,17,20,33-34H,2-4,8-9H2,1H3,(H,27,29). The molecule has 1 unspecified atom stereocenters. The van der Waals surface area contributed by atoms with Gasteiger partial charge in [0.05, 0.1) is 22.7 Å². The summed E-state index contributed by atoms with van der Waals surface area (Å²) in [4.78, 5) is 23.0. The van der Waals surface area contributed by atoms with Crippen molar-refractivity contribution in [2.24, 2.45) is 7.05 Å². The highest BCUT2D eigenvalue weighted by Gasteiger charge is 2.43. The van der Waals surface area contributed by atoms with Gasteiger partial charge in [-0.25, -0.2) is 14.4 Å². The van der Waals surface area contributed by atoms with Crippen molar-refractivity contribution in [3.63, 3.8) is 0 Å². The van der Waals surface area contributed by atoms with E-state index in [2.05, 4.69) is 15.3 Å². The van der Waals surface area contributed by atoms with Gasteiger partial charge in [-0.1, -0.05) is 12.1 Å². The van der Waals surface area contributed by atoms with Gasteiger partial charge in [0.1, 0.15) is 11.6 Å². The third-order valence-corrected chi connectivity index (χ3v) is 5.83. The number of benzene rings is 1. The second kappa shape index (κ2) is 9.18. The van der Waals surface area contributed by atoms with Crippen molar-refractivity contribution in [2.45, 2.75) is 37.8 Å². The van der Waals surface area contributed by atoms with Gasteiger partial charge in [0.15, 0.2) is 12.3 Å². The summed E-state index contributed by atoms with van der Waals surface area (Å²) in [6.07, 6.45) is -3.71. The van der Waals surface area contributed by atoms with E-state index in [1.807, 2.05) is 4.90 Å². The molecule has 1 atom stereocenters. The van der Waals surface area contributed by atoms with Crippen LogP contribution in [0.5, 0.6) is 0 Å². The summed E-state index contributed by atoms with van der Waals surface area (Å²) < 4.78 is 57.6. The van der Waals surface area contributed by atoms with Crippen molar-refractivity contribution in [3.8, 4) is 0 Å². The number of halogens is 4. The lowest BCUT2D eigenvalue weighted by Crippen LogP contribution is -2.36. The van der Waals surface area contributed by atoms with Crippen molar-refractivity contribution < 1.29 is 27.8 Å². The number of hydrogen-bond acceptors (Lipinski definition) is 7. The zero-order chi connectivity index (χ0) is 24.6. The number of nitrogens with zero attached hydrogens (tertiary/aromatic N) is 4. The Morgan fingerprint density at radius 2 is 1.82 bits per heavy atom. The number of aliphatic hydroxyl groups excluding tert-OH is 1. The highest BCUT2D eigenvalue weighted by Crippen LogP contribution is 2.39. The summed E-state index contributed by atoms with van der Waals surface area (Å²) >= 11 is 0. The fourth-order valence-electron chi connectivity index (χ4n) is 4.16. The monoisotopic (exact) mass is 481 g/mol. The smallest absolute Gasteiger partial charge is 0.364 e. The first-order valence-corrected chi connectivity index (χ1v) is 10.7. The molecular formula is C22H23F4N5O3. The summed E-state index contributed by atoms with van der Waals surface area (Å²) in [5.74, 6) is -1.23. The summed E-state index contributed by atoms with van der Waals surface area (Å²) in [7, 11) is 1.53. The molecule has 1 aliphatic rings. The van der Waals surface area contributed by atoms with Crippen LogP contribution in [-0.2, 0) is 7.05 Å². The van der Waals surface area contributed by atoms with Crippen LogP contribution in [0.2, 0.25) is 0 Å². The number of alkyl halides is 3. The zero-order valence-corrected chi connectivity index (χ0v) is 18.2. The molecule has 1 aliphatic heterocycles. The molecule has 0 bridgehead atoms. The number of aliphatic hydroxyl groups is 2. The molecule has 3 aromatic rings. The van der Waals surface area contributed by atoms with E-state index in [0.717, 1.165) is 19.3 Å². The largest absolute Gasteiger partial charge is 0.412 e. The summed E-state index contributed by atoms with van der Waals surface area (Å²) in [5.41, 5.74) is -1.52. The van der Waals surface area contributed by atoms with E-state index in [4.69, 9.17) is 0 Å². The Kier molecular flexibility index (Phi) is 6.45. The number of rotatable bonds is 5. The maximum absolute atomic E-state index is 14.3. The molecule has 1 saturated heterocycles. The fourth-order valence-corrected chi connectivity index (χ4v) is 4.16. The van der Waals surface area contributed by atoms with Gasteiger partial charge in [0.25, 0.3) is 5.56 Å². The lowest BCUT2D eigenvalue weighted by Gasteiger charge is -2.30. The Balaban J connectivity index is 1.88. The van der Waals surface area contributed by atoms with Gasteiger partial charge in [0.2, 0.25) is 5.95 Å². The maximum Gasteiger partial charge on any atom is 0.412 e. The summed E-state index contributed by atoms with van der Waals surface area (Å²) in [5, 5.41) is 21.2. The molecule has 0 amide bonds. The normalized spacial score (nSPS) is 15.7. The van der Waals surface area contributed by atoms with Crippen LogP contribution >= 0.6 is 0 Å².